The molecule has 0 bridgehead atoms. The zero-order chi connectivity index (χ0) is 13.5. The van der Waals surface area contributed by atoms with Gasteiger partial charge in [-0.3, -0.25) is 4.90 Å². The molecule has 1 N–H and O–H groups in total. The molecule has 0 amide bonds. The van der Waals surface area contributed by atoms with E-state index in [0.29, 0.717) is 0 Å². The maximum atomic E-state index is 3.67. The molecule has 3 atom stereocenters. The summed E-state index contributed by atoms with van der Waals surface area (Å²) in [5.41, 5.74) is 0. The van der Waals surface area contributed by atoms with E-state index in [-0.39, 0.29) is 0 Å². The van der Waals surface area contributed by atoms with Crippen LogP contribution < -0.4 is 5.32 Å². The van der Waals surface area contributed by atoms with Gasteiger partial charge in [0.05, 0.1) is 0 Å². The van der Waals surface area contributed by atoms with E-state index in [2.05, 4.69) is 24.1 Å². The van der Waals surface area contributed by atoms with Crippen LogP contribution in [-0.4, -0.2) is 36.6 Å². The van der Waals surface area contributed by atoms with Crippen LogP contribution in [0, 0.1) is 5.92 Å². The van der Waals surface area contributed by atoms with Gasteiger partial charge < -0.3 is 5.32 Å². The van der Waals surface area contributed by atoms with Gasteiger partial charge in [0.25, 0.3) is 0 Å². The summed E-state index contributed by atoms with van der Waals surface area (Å²) < 4.78 is 0. The van der Waals surface area contributed by atoms with Crippen molar-refractivity contribution in [3.63, 3.8) is 0 Å². The SMILES string of the molecule is CCCNCC1CCCCN1C1CCCCC1CC. The van der Waals surface area contributed by atoms with Crippen molar-refractivity contribution in [3.8, 4) is 0 Å². The molecule has 0 aromatic carbocycles. The number of rotatable bonds is 6. The normalized spacial score (nSPS) is 33.5. The minimum absolute atomic E-state index is 0.817. The highest BCUT2D eigenvalue weighted by Crippen LogP contribution is 2.34. The number of likely N-dealkylation sites (tertiary alicyclic amines) is 1. The summed E-state index contributed by atoms with van der Waals surface area (Å²) in [5, 5.41) is 3.67. The molecular weight excluding hydrogens is 232 g/mol. The van der Waals surface area contributed by atoms with Crippen LogP contribution in [0.25, 0.3) is 0 Å². The van der Waals surface area contributed by atoms with Crippen LogP contribution in [0.2, 0.25) is 0 Å². The van der Waals surface area contributed by atoms with Gasteiger partial charge in [0.2, 0.25) is 0 Å². The lowest BCUT2D eigenvalue weighted by atomic mass is 9.80. The third-order valence-corrected chi connectivity index (χ3v) is 5.30. The summed E-state index contributed by atoms with van der Waals surface area (Å²) in [7, 11) is 0. The Labute approximate surface area is 120 Å². The predicted octanol–water partition coefficient (Wildman–Crippen LogP) is 3.81. The van der Waals surface area contributed by atoms with E-state index in [4.69, 9.17) is 0 Å². The van der Waals surface area contributed by atoms with E-state index in [1.165, 1.54) is 77.4 Å². The van der Waals surface area contributed by atoms with Crippen molar-refractivity contribution >= 4 is 0 Å². The van der Waals surface area contributed by atoms with Crippen LogP contribution in [0.3, 0.4) is 0 Å². The molecule has 0 radical (unpaired) electrons. The van der Waals surface area contributed by atoms with Crippen molar-refractivity contribution < 1.29 is 0 Å². The first kappa shape index (κ1) is 15.3. The fourth-order valence-electron chi connectivity index (χ4n) is 4.23. The second-order valence-corrected chi connectivity index (χ2v) is 6.61. The van der Waals surface area contributed by atoms with Crippen LogP contribution in [-0.2, 0) is 0 Å². The van der Waals surface area contributed by atoms with Crippen molar-refractivity contribution in [1.29, 1.82) is 0 Å². The molecule has 2 rings (SSSR count). The predicted molar refractivity (Wildman–Crippen MR) is 83.5 cm³/mol. The van der Waals surface area contributed by atoms with Crippen LogP contribution >= 0.6 is 0 Å². The molecule has 19 heavy (non-hydrogen) atoms. The fourth-order valence-corrected chi connectivity index (χ4v) is 4.23. The van der Waals surface area contributed by atoms with Gasteiger partial charge in [0.1, 0.15) is 0 Å². The van der Waals surface area contributed by atoms with Gasteiger partial charge in [-0.05, 0) is 51.1 Å². The molecule has 1 aliphatic carbocycles. The molecule has 1 aliphatic heterocycles. The van der Waals surface area contributed by atoms with Crippen LogP contribution in [0.4, 0.5) is 0 Å². The van der Waals surface area contributed by atoms with E-state index in [9.17, 15) is 0 Å². The minimum atomic E-state index is 0.817. The summed E-state index contributed by atoms with van der Waals surface area (Å²) in [6, 6.07) is 1.71. The van der Waals surface area contributed by atoms with Crippen LogP contribution in [0.5, 0.6) is 0 Å². The minimum Gasteiger partial charge on any atom is -0.315 e. The summed E-state index contributed by atoms with van der Waals surface area (Å²) in [6.07, 6.45) is 12.8. The molecule has 3 unspecified atom stereocenters. The Bertz CT molecular complexity index is 241. The summed E-state index contributed by atoms with van der Waals surface area (Å²) in [4.78, 5) is 2.90. The lowest BCUT2D eigenvalue weighted by Crippen LogP contribution is -2.53. The summed E-state index contributed by atoms with van der Waals surface area (Å²) in [6.45, 7) is 8.43. The summed E-state index contributed by atoms with van der Waals surface area (Å²) in [5.74, 6) is 0.973. The van der Waals surface area contributed by atoms with Gasteiger partial charge in [-0.1, -0.05) is 39.5 Å². The third-order valence-electron chi connectivity index (χ3n) is 5.30. The standard InChI is InChI=1S/C17H34N2/c1-3-12-18-14-16-10-7-8-13-19(16)17-11-6-5-9-15(17)4-2/h15-18H,3-14H2,1-2H3. The average Bonchev–Trinajstić information content (AvgIpc) is 2.48. The average molecular weight is 266 g/mol. The Morgan fingerprint density at radius 1 is 1.00 bits per heavy atom. The Morgan fingerprint density at radius 2 is 1.79 bits per heavy atom. The van der Waals surface area contributed by atoms with Crippen molar-refractivity contribution in [2.75, 3.05) is 19.6 Å². The second-order valence-electron chi connectivity index (χ2n) is 6.61. The monoisotopic (exact) mass is 266 g/mol. The summed E-state index contributed by atoms with van der Waals surface area (Å²) >= 11 is 0. The fraction of sp³-hybridized carbons (Fsp3) is 1.00. The number of nitrogens with zero attached hydrogens (tertiary/aromatic N) is 1. The Morgan fingerprint density at radius 3 is 2.58 bits per heavy atom. The van der Waals surface area contributed by atoms with Gasteiger partial charge in [-0.25, -0.2) is 0 Å². The van der Waals surface area contributed by atoms with E-state index < -0.39 is 0 Å². The van der Waals surface area contributed by atoms with E-state index in [1.54, 1.807) is 0 Å². The zero-order valence-electron chi connectivity index (χ0n) is 13.2. The molecule has 0 aromatic rings. The van der Waals surface area contributed by atoms with Crippen molar-refractivity contribution in [2.24, 2.45) is 5.92 Å². The van der Waals surface area contributed by atoms with Crippen LogP contribution in [0.15, 0.2) is 0 Å². The Balaban J connectivity index is 1.92. The lowest BCUT2D eigenvalue weighted by Gasteiger charge is -2.46. The molecular formula is C17H34N2. The molecule has 0 spiro atoms. The highest BCUT2D eigenvalue weighted by molar-refractivity contribution is 4.89. The third kappa shape index (κ3) is 4.19. The molecule has 2 heteroatoms. The maximum Gasteiger partial charge on any atom is 0.0223 e. The molecule has 1 saturated heterocycles. The number of hydrogen-bond donors (Lipinski definition) is 1. The first-order valence-corrected chi connectivity index (χ1v) is 8.83. The molecule has 2 aliphatic rings. The largest absolute Gasteiger partial charge is 0.315 e. The number of piperidine rings is 1. The van der Waals surface area contributed by atoms with E-state index in [1.807, 2.05) is 0 Å². The van der Waals surface area contributed by atoms with Gasteiger partial charge in [-0.2, -0.15) is 0 Å². The topological polar surface area (TPSA) is 15.3 Å². The van der Waals surface area contributed by atoms with Gasteiger partial charge in [-0.15, -0.1) is 0 Å². The maximum absolute atomic E-state index is 3.67. The van der Waals surface area contributed by atoms with Crippen molar-refractivity contribution in [3.05, 3.63) is 0 Å². The van der Waals surface area contributed by atoms with Crippen molar-refractivity contribution in [2.45, 2.75) is 83.7 Å². The number of hydrogen-bond acceptors (Lipinski definition) is 2. The Kier molecular flexibility index (Phi) is 6.66. The van der Waals surface area contributed by atoms with Gasteiger partial charge in [0.15, 0.2) is 0 Å². The van der Waals surface area contributed by atoms with E-state index in [0.717, 1.165) is 18.0 Å². The smallest absolute Gasteiger partial charge is 0.0223 e. The van der Waals surface area contributed by atoms with E-state index >= 15 is 0 Å². The molecule has 2 fully saturated rings. The molecule has 1 saturated carbocycles. The first-order valence-electron chi connectivity index (χ1n) is 8.83. The van der Waals surface area contributed by atoms with Crippen molar-refractivity contribution in [1.82, 2.24) is 10.2 Å². The molecule has 1 heterocycles. The number of nitrogens with one attached hydrogen (secondary N) is 1. The zero-order valence-corrected chi connectivity index (χ0v) is 13.2. The highest BCUT2D eigenvalue weighted by Gasteiger charge is 2.34. The first-order chi connectivity index (χ1) is 9.36. The Hall–Kier alpha value is -0.0800. The van der Waals surface area contributed by atoms with Crippen LogP contribution in [0.1, 0.15) is 71.6 Å². The molecule has 0 aromatic heterocycles. The molecule has 112 valence electrons. The van der Waals surface area contributed by atoms with Gasteiger partial charge >= 0.3 is 0 Å². The molecule has 2 nitrogen and oxygen atoms in total. The van der Waals surface area contributed by atoms with Gasteiger partial charge in [0, 0.05) is 18.6 Å². The quantitative estimate of drug-likeness (QED) is 0.736. The lowest BCUT2D eigenvalue weighted by molar-refractivity contribution is 0.0372. The highest BCUT2D eigenvalue weighted by atomic mass is 15.2. The second kappa shape index (κ2) is 8.26.